The molecule has 0 aliphatic heterocycles. The van der Waals surface area contributed by atoms with Crippen molar-refractivity contribution in [1.82, 2.24) is 10.3 Å². The van der Waals surface area contributed by atoms with Crippen molar-refractivity contribution in [2.75, 3.05) is 11.9 Å². The Hall–Kier alpha value is -1.62. The summed E-state index contributed by atoms with van der Waals surface area (Å²) >= 11 is 0. The van der Waals surface area contributed by atoms with E-state index < -0.39 is 6.10 Å². The maximum absolute atomic E-state index is 11.4. The number of nitrogens with zero attached hydrogens (tertiary/aromatic N) is 1. The number of urea groups is 1. The molecule has 2 amide bonds. The molecule has 1 atom stereocenters. The van der Waals surface area contributed by atoms with Gasteiger partial charge in [-0.05, 0) is 38.0 Å². The van der Waals surface area contributed by atoms with Crippen LogP contribution in [0.15, 0.2) is 18.3 Å². The van der Waals surface area contributed by atoms with Crippen LogP contribution in [0.3, 0.4) is 0 Å². The van der Waals surface area contributed by atoms with Gasteiger partial charge in [-0.25, -0.2) is 9.78 Å². The first kappa shape index (κ1) is 12.4. The van der Waals surface area contributed by atoms with Crippen LogP contribution >= 0.6 is 0 Å². The van der Waals surface area contributed by atoms with Crippen LogP contribution in [-0.4, -0.2) is 28.8 Å². The number of rotatable bonds is 4. The van der Waals surface area contributed by atoms with Crippen LogP contribution in [0.25, 0.3) is 0 Å². The Morgan fingerprint density at radius 3 is 3.00 bits per heavy atom. The van der Waals surface area contributed by atoms with Gasteiger partial charge in [0.1, 0.15) is 5.82 Å². The number of aromatic nitrogens is 1. The van der Waals surface area contributed by atoms with E-state index in [0.717, 1.165) is 5.56 Å². The van der Waals surface area contributed by atoms with Crippen LogP contribution < -0.4 is 10.6 Å². The summed E-state index contributed by atoms with van der Waals surface area (Å²) in [6.07, 6.45) is 1.77. The predicted octanol–water partition coefficient (Wildman–Crippen LogP) is 1.28. The maximum atomic E-state index is 11.4. The number of aliphatic hydroxyl groups is 1. The second-order valence-electron chi connectivity index (χ2n) is 3.74. The quantitative estimate of drug-likeness (QED) is 0.720. The summed E-state index contributed by atoms with van der Waals surface area (Å²) < 4.78 is 0. The molecule has 88 valence electrons. The first-order chi connectivity index (χ1) is 7.58. The molecular weight excluding hydrogens is 206 g/mol. The topological polar surface area (TPSA) is 74.2 Å². The number of hydrogen-bond donors (Lipinski definition) is 3. The van der Waals surface area contributed by atoms with E-state index >= 15 is 0 Å². The first-order valence-electron chi connectivity index (χ1n) is 5.23. The van der Waals surface area contributed by atoms with Crippen LogP contribution in [0.1, 0.15) is 18.9 Å². The molecule has 0 aliphatic rings. The van der Waals surface area contributed by atoms with Crippen molar-refractivity contribution in [3.8, 4) is 0 Å². The first-order valence-corrected chi connectivity index (χ1v) is 5.23. The number of carbonyl (C=O) groups is 1. The Kier molecular flexibility index (Phi) is 4.72. The summed E-state index contributed by atoms with van der Waals surface area (Å²) in [5.74, 6) is 0.523. The smallest absolute Gasteiger partial charge is 0.320 e. The minimum Gasteiger partial charge on any atom is -0.393 e. The number of aryl methyl sites for hydroxylation is 1. The van der Waals surface area contributed by atoms with Crippen molar-refractivity contribution in [2.24, 2.45) is 0 Å². The van der Waals surface area contributed by atoms with Gasteiger partial charge in [0.25, 0.3) is 0 Å². The van der Waals surface area contributed by atoms with Crippen LogP contribution in [0.4, 0.5) is 10.6 Å². The standard InChI is InChI=1S/C11H17N3O2/c1-8-3-5-12-10(7-8)14-11(16)13-6-4-9(2)15/h3,5,7,9,15H,4,6H2,1-2H3,(H2,12,13,14,16). The van der Waals surface area contributed by atoms with Gasteiger partial charge in [0.05, 0.1) is 6.10 Å². The van der Waals surface area contributed by atoms with Crippen LogP contribution in [-0.2, 0) is 0 Å². The maximum Gasteiger partial charge on any atom is 0.320 e. The van der Waals surface area contributed by atoms with E-state index in [-0.39, 0.29) is 6.03 Å². The molecule has 5 nitrogen and oxygen atoms in total. The molecule has 0 spiro atoms. The van der Waals surface area contributed by atoms with Crippen molar-refractivity contribution in [3.05, 3.63) is 23.9 Å². The summed E-state index contributed by atoms with van der Waals surface area (Å²) in [4.78, 5) is 15.4. The highest BCUT2D eigenvalue weighted by atomic mass is 16.3. The molecule has 0 radical (unpaired) electrons. The third kappa shape index (κ3) is 4.75. The summed E-state index contributed by atoms with van der Waals surface area (Å²) in [5.41, 5.74) is 1.04. The second kappa shape index (κ2) is 6.07. The molecule has 1 aromatic rings. The molecule has 1 heterocycles. The zero-order valence-corrected chi connectivity index (χ0v) is 9.53. The fraction of sp³-hybridized carbons (Fsp3) is 0.455. The number of amides is 2. The van der Waals surface area contributed by atoms with Gasteiger partial charge < -0.3 is 10.4 Å². The Morgan fingerprint density at radius 2 is 2.38 bits per heavy atom. The van der Waals surface area contributed by atoms with Crippen molar-refractivity contribution in [2.45, 2.75) is 26.4 Å². The van der Waals surface area contributed by atoms with Crippen LogP contribution in [0.2, 0.25) is 0 Å². The Bertz CT molecular complexity index is 353. The van der Waals surface area contributed by atoms with Gasteiger partial charge in [0.2, 0.25) is 0 Å². The highest BCUT2D eigenvalue weighted by Crippen LogP contribution is 2.04. The van der Waals surface area contributed by atoms with Gasteiger partial charge in [0.15, 0.2) is 0 Å². The highest BCUT2D eigenvalue weighted by molar-refractivity contribution is 5.88. The molecule has 1 unspecified atom stereocenters. The number of carbonyl (C=O) groups excluding carboxylic acids is 1. The van der Waals surface area contributed by atoms with E-state index in [1.807, 2.05) is 13.0 Å². The molecule has 0 fully saturated rings. The number of nitrogens with one attached hydrogen (secondary N) is 2. The summed E-state index contributed by atoms with van der Waals surface area (Å²) in [7, 11) is 0. The summed E-state index contributed by atoms with van der Waals surface area (Å²) in [5, 5.41) is 14.3. The summed E-state index contributed by atoms with van der Waals surface area (Å²) in [6, 6.07) is 3.34. The molecule has 5 heteroatoms. The van der Waals surface area contributed by atoms with Crippen LogP contribution in [0.5, 0.6) is 0 Å². The molecule has 0 bridgehead atoms. The Morgan fingerprint density at radius 1 is 1.62 bits per heavy atom. The number of aliphatic hydroxyl groups excluding tert-OH is 1. The third-order valence-corrected chi connectivity index (χ3v) is 2.00. The van der Waals surface area contributed by atoms with E-state index in [4.69, 9.17) is 5.11 Å². The Labute approximate surface area is 94.9 Å². The number of pyridine rings is 1. The lowest BCUT2D eigenvalue weighted by atomic mass is 10.3. The highest BCUT2D eigenvalue weighted by Gasteiger charge is 2.02. The van der Waals surface area contributed by atoms with E-state index in [0.29, 0.717) is 18.8 Å². The van der Waals surface area contributed by atoms with Gasteiger partial charge in [0, 0.05) is 12.7 Å². The van der Waals surface area contributed by atoms with E-state index in [9.17, 15) is 4.79 Å². The average Bonchev–Trinajstić information content (AvgIpc) is 2.16. The van der Waals surface area contributed by atoms with Crippen molar-refractivity contribution in [3.63, 3.8) is 0 Å². The molecular formula is C11H17N3O2. The lowest BCUT2D eigenvalue weighted by Gasteiger charge is -2.08. The normalized spacial score (nSPS) is 11.9. The second-order valence-corrected chi connectivity index (χ2v) is 3.74. The fourth-order valence-corrected chi connectivity index (χ4v) is 1.16. The lowest BCUT2D eigenvalue weighted by Crippen LogP contribution is -2.31. The SMILES string of the molecule is Cc1ccnc(NC(=O)NCCC(C)O)c1. The summed E-state index contributed by atoms with van der Waals surface area (Å²) in [6.45, 7) is 4.05. The molecule has 0 saturated heterocycles. The van der Waals surface area contributed by atoms with Gasteiger partial charge in [-0.15, -0.1) is 0 Å². The number of anilines is 1. The van der Waals surface area contributed by atoms with Crippen molar-refractivity contribution in [1.29, 1.82) is 0 Å². The van der Waals surface area contributed by atoms with Gasteiger partial charge in [-0.2, -0.15) is 0 Å². The minimum atomic E-state index is -0.405. The lowest BCUT2D eigenvalue weighted by molar-refractivity contribution is 0.184. The van der Waals surface area contributed by atoms with Gasteiger partial charge in [-0.1, -0.05) is 0 Å². The molecule has 0 aliphatic carbocycles. The zero-order valence-electron chi connectivity index (χ0n) is 9.53. The molecule has 3 N–H and O–H groups in total. The Balaban J connectivity index is 2.34. The molecule has 0 aromatic carbocycles. The minimum absolute atomic E-state index is 0.307. The van der Waals surface area contributed by atoms with Crippen molar-refractivity contribution < 1.29 is 9.90 Å². The monoisotopic (exact) mass is 223 g/mol. The molecule has 16 heavy (non-hydrogen) atoms. The fourth-order valence-electron chi connectivity index (χ4n) is 1.16. The average molecular weight is 223 g/mol. The molecule has 0 saturated carbocycles. The predicted molar refractivity (Wildman–Crippen MR) is 62.3 cm³/mol. The van der Waals surface area contributed by atoms with Crippen molar-refractivity contribution >= 4 is 11.8 Å². The van der Waals surface area contributed by atoms with Gasteiger partial charge >= 0.3 is 6.03 Å². The molecule has 1 rings (SSSR count). The molecule has 1 aromatic heterocycles. The number of hydrogen-bond acceptors (Lipinski definition) is 3. The zero-order chi connectivity index (χ0) is 12.0. The van der Waals surface area contributed by atoms with Crippen LogP contribution in [0, 0.1) is 6.92 Å². The largest absolute Gasteiger partial charge is 0.393 e. The van der Waals surface area contributed by atoms with E-state index in [2.05, 4.69) is 15.6 Å². The third-order valence-electron chi connectivity index (χ3n) is 2.00. The van der Waals surface area contributed by atoms with Gasteiger partial charge in [-0.3, -0.25) is 5.32 Å². The van der Waals surface area contributed by atoms with E-state index in [1.54, 1.807) is 19.2 Å². The van der Waals surface area contributed by atoms with E-state index in [1.165, 1.54) is 0 Å².